The van der Waals surface area contributed by atoms with Crippen molar-refractivity contribution in [1.82, 2.24) is 5.32 Å². The van der Waals surface area contributed by atoms with Crippen LogP contribution in [0.4, 0.5) is 0 Å². The Hall–Kier alpha value is -1.12. The maximum atomic E-state index is 8.61. The summed E-state index contributed by atoms with van der Waals surface area (Å²) in [6.45, 7) is 2.89. The van der Waals surface area contributed by atoms with E-state index in [1.807, 2.05) is 18.2 Å². The van der Waals surface area contributed by atoms with Gasteiger partial charge in [-0.25, -0.2) is 0 Å². The lowest BCUT2D eigenvalue weighted by molar-refractivity contribution is 0.289. The van der Waals surface area contributed by atoms with E-state index in [-0.39, 0.29) is 6.61 Å². The van der Waals surface area contributed by atoms with Crippen LogP contribution >= 0.6 is 0 Å². The van der Waals surface area contributed by atoms with Crippen LogP contribution in [0, 0.1) is 0 Å². The molecule has 1 aromatic rings. The smallest absolute Gasteiger partial charge is 0.0556 e. The zero-order valence-electron chi connectivity index (χ0n) is 8.48. The van der Waals surface area contributed by atoms with E-state index < -0.39 is 0 Å². The molecule has 0 saturated carbocycles. The van der Waals surface area contributed by atoms with Gasteiger partial charge in [-0.3, -0.25) is 0 Å². The summed E-state index contributed by atoms with van der Waals surface area (Å²) in [5, 5.41) is 11.8. The molecular formula is C12H17NO. The van der Waals surface area contributed by atoms with Crippen LogP contribution in [-0.4, -0.2) is 24.3 Å². The molecule has 14 heavy (non-hydrogen) atoms. The topological polar surface area (TPSA) is 32.3 Å². The van der Waals surface area contributed by atoms with Crippen LogP contribution < -0.4 is 5.32 Å². The van der Waals surface area contributed by atoms with Gasteiger partial charge in [0.15, 0.2) is 0 Å². The quantitative estimate of drug-likeness (QED) is 0.742. The van der Waals surface area contributed by atoms with Crippen molar-refractivity contribution in [2.24, 2.45) is 0 Å². The van der Waals surface area contributed by atoms with Gasteiger partial charge < -0.3 is 10.4 Å². The molecule has 0 amide bonds. The molecule has 0 radical (unpaired) electrons. The van der Waals surface area contributed by atoms with Crippen LogP contribution in [0.15, 0.2) is 36.4 Å². The predicted molar refractivity (Wildman–Crippen MR) is 60.0 cm³/mol. The van der Waals surface area contributed by atoms with Crippen molar-refractivity contribution >= 4 is 6.08 Å². The van der Waals surface area contributed by atoms with E-state index in [0.29, 0.717) is 12.6 Å². The number of nitrogens with one attached hydrogen (secondary N) is 1. The zero-order chi connectivity index (χ0) is 10.2. The average Bonchev–Trinajstić information content (AvgIpc) is 2.25. The highest BCUT2D eigenvalue weighted by molar-refractivity contribution is 5.49. The second-order valence-electron chi connectivity index (χ2n) is 3.24. The standard InChI is InChI=1S/C12H17NO/c1-11(13-9-10-14)7-8-12-5-3-2-4-6-12/h2-8,11,13-14H,9-10H2,1H3/b8-7+/t11-/m0/s1. The van der Waals surface area contributed by atoms with E-state index in [9.17, 15) is 0 Å². The van der Waals surface area contributed by atoms with Crippen molar-refractivity contribution in [3.8, 4) is 0 Å². The number of hydrogen-bond donors (Lipinski definition) is 2. The molecule has 2 N–H and O–H groups in total. The molecule has 1 aromatic carbocycles. The van der Waals surface area contributed by atoms with Crippen molar-refractivity contribution in [2.75, 3.05) is 13.2 Å². The van der Waals surface area contributed by atoms with Crippen LogP contribution in [0.5, 0.6) is 0 Å². The Morgan fingerprint density at radius 3 is 2.71 bits per heavy atom. The minimum Gasteiger partial charge on any atom is -0.395 e. The van der Waals surface area contributed by atoms with Gasteiger partial charge in [-0.15, -0.1) is 0 Å². The molecule has 0 heterocycles. The molecule has 0 saturated heterocycles. The van der Waals surface area contributed by atoms with Gasteiger partial charge in [-0.2, -0.15) is 0 Å². The van der Waals surface area contributed by atoms with Crippen molar-refractivity contribution in [2.45, 2.75) is 13.0 Å². The minimum absolute atomic E-state index is 0.184. The predicted octanol–water partition coefficient (Wildman–Crippen LogP) is 1.67. The summed E-state index contributed by atoms with van der Waals surface area (Å²) in [5.41, 5.74) is 1.20. The van der Waals surface area contributed by atoms with Gasteiger partial charge in [0.05, 0.1) is 6.61 Å². The number of benzene rings is 1. The first-order valence-corrected chi connectivity index (χ1v) is 4.90. The minimum atomic E-state index is 0.184. The lowest BCUT2D eigenvalue weighted by Crippen LogP contribution is -2.26. The summed E-state index contributed by atoms with van der Waals surface area (Å²) < 4.78 is 0. The fraction of sp³-hybridized carbons (Fsp3) is 0.333. The van der Waals surface area contributed by atoms with E-state index in [2.05, 4.69) is 36.5 Å². The maximum absolute atomic E-state index is 8.61. The number of aliphatic hydroxyl groups is 1. The van der Waals surface area contributed by atoms with Crippen LogP contribution in [0.1, 0.15) is 12.5 Å². The van der Waals surface area contributed by atoms with Crippen LogP contribution in [0.25, 0.3) is 6.08 Å². The molecule has 0 unspecified atom stereocenters. The molecule has 0 aliphatic heterocycles. The first-order chi connectivity index (χ1) is 6.83. The molecule has 76 valence electrons. The van der Waals surface area contributed by atoms with Crippen molar-refractivity contribution in [3.05, 3.63) is 42.0 Å². The van der Waals surface area contributed by atoms with Gasteiger partial charge in [-0.1, -0.05) is 42.5 Å². The summed E-state index contributed by atoms with van der Waals surface area (Å²) in [6.07, 6.45) is 4.17. The second-order valence-corrected chi connectivity index (χ2v) is 3.24. The van der Waals surface area contributed by atoms with Crippen LogP contribution in [-0.2, 0) is 0 Å². The molecule has 2 nitrogen and oxygen atoms in total. The van der Waals surface area contributed by atoms with Gasteiger partial charge in [0.25, 0.3) is 0 Å². The fourth-order valence-electron chi connectivity index (χ4n) is 1.18. The number of aliphatic hydroxyl groups excluding tert-OH is 1. The van der Waals surface area contributed by atoms with Crippen molar-refractivity contribution < 1.29 is 5.11 Å². The highest BCUT2D eigenvalue weighted by atomic mass is 16.3. The van der Waals surface area contributed by atoms with Crippen molar-refractivity contribution in [1.29, 1.82) is 0 Å². The van der Waals surface area contributed by atoms with Crippen molar-refractivity contribution in [3.63, 3.8) is 0 Å². The number of rotatable bonds is 5. The Bertz CT molecular complexity index is 269. The fourth-order valence-corrected chi connectivity index (χ4v) is 1.18. The van der Waals surface area contributed by atoms with Crippen LogP contribution in [0.2, 0.25) is 0 Å². The summed E-state index contributed by atoms with van der Waals surface area (Å²) in [5.74, 6) is 0. The summed E-state index contributed by atoms with van der Waals surface area (Å²) in [6, 6.07) is 10.5. The van der Waals surface area contributed by atoms with E-state index in [1.165, 1.54) is 5.56 Å². The highest BCUT2D eigenvalue weighted by Gasteiger charge is 1.93. The van der Waals surface area contributed by atoms with Gasteiger partial charge in [0.2, 0.25) is 0 Å². The molecule has 2 heteroatoms. The Morgan fingerprint density at radius 2 is 2.07 bits per heavy atom. The molecular weight excluding hydrogens is 174 g/mol. The molecule has 0 aliphatic carbocycles. The van der Waals surface area contributed by atoms with Gasteiger partial charge in [0, 0.05) is 12.6 Å². The van der Waals surface area contributed by atoms with E-state index in [4.69, 9.17) is 5.11 Å². The Kier molecular flexibility index (Phi) is 4.97. The lowest BCUT2D eigenvalue weighted by atomic mass is 10.2. The zero-order valence-corrected chi connectivity index (χ0v) is 8.48. The third kappa shape index (κ3) is 4.21. The molecule has 1 atom stereocenters. The SMILES string of the molecule is C[C@@H](/C=C/c1ccccc1)NCCO. The third-order valence-electron chi connectivity index (χ3n) is 1.96. The molecule has 0 aliphatic rings. The van der Waals surface area contributed by atoms with E-state index >= 15 is 0 Å². The molecule has 0 bridgehead atoms. The Balaban J connectivity index is 2.39. The van der Waals surface area contributed by atoms with Gasteiger partial charge in [-0.05, 0) is 12.5 Å². The van der Waals surface area contributed by atoms with Crippen LogP contribution in [0.3, 0.4) is 0 Å². The molecule has 0 spiro atoms. The molecule has 0 aromatic heterocycles. The summed E-state index contributed by atoms with van der Waals surface area (Å²) >= 11 is 0. The maximum Gasteiger partial charge on any atom is 0.0556 e. The molecule has 1 rings (SSSR count). The average molecular weight is 191 g/mol. The largest absolute Gasteiger partial charge is 0.395 e. The third-order valence-corrected chi connectivity index (χ3v) is 1.96. The first-order valence-electron chi connectivity index (χ1n) is 4.90. The van der Waals surface area contributed by atoms with E-state index in [1.54, 1.807) is 0 Å². The number of hydrogen-bond acceptors (Lipinski definition) is 2. The monoisotopic (exact) mass is 191 g/mol. The normalized spacial score (nSPS) is 13.3. The summed E-state index contributed by atoms with van der Waals surface area (Å²) in [7, 11) is 0. The highest BCUT2D eigenvalue weighted by Crippen LogP contribution is 2.01. The summed E-state index contributed by atoms with van der Waals surface area (Å²) in [4.78, 5) is 0. The lowest BCUT2D eigenvalue weighted by Gasteiger charge is -2.06. The first kappa shape index (κ1) is 11.0. The Morgan fingerprint density at radius 1 is 1.36 bits per heavy atom. The second kappa shape index (κ2) is 6.35. The molecule has 0 fully saturated rings. The Labute approximate surface area is 85.3 Å². The van der Waals surface area contributed by atoms with Gasteiger partial charge in [0.1, 0.15) is 0 Å². The van der Waals surface area contributed by atoms with E-state index in [0.717, 1.165) is 0 Å². The van der Waals surface area contributed by atoms with Gasteiger partial charge >= 0.3 is 0 Å².